The molecular formula is C16H21FN2O2. The Bertz CT molecular complexity index is 589. The van der Waals surface area contributed by atoms with Gasteiger partial charge in [-0.15, -0.1) is 0 Å². The van der Waals surface area contributed by atoms with Gasteiger partial charge in [-0.3, -0.25) is 0 Å². The first-order valence-electron chi connectivity index (χ1n) is 7.03. The van der Waals surface area contributed by atoms with Crippen molar-refractivity contribution in [2.24, 2.45) is 0 Å². The Morgan fingerprint density at radius 2 is 2.10 bits per heavy atom. The molecule has 0 aliphatic rings. The van der Waals surface area contributed by atoms with Gasteiger partial charge in [-0.2, -0.15) is 0 Å². The molecule has 1 aromatic heterocycles. The van der Waals surface area contributed by atoms with E-state index in [0.717, 1.165) is 16.8 Å². The third-order valence-corrected chi connectivity index (χ3v) is 3.26. The minimum atomic E-state index is -0.357. The van der Waals surface area contributed by atoms with Crippen LogP contribution in [-0.2, 0) is 13.2 Å². The van der Waals surface area contributed by atoms with E-state index >= 15 is 0 Å². The van der Waals surface area contributed by atoms with Crippen molar-refractivity contribution >= 4 is 0 Å². The van der Waals surface area contributed by atoms with Gasteiger partial charge in [0.2, 0.25) is 0 Å². The molecule has 0 spiro atoms. The minimum Gasteiger partial charge on any atom is -0.486 e. The van der Waals surface area contributed by atoms with Crippen molar-refractivity contribution in [3.8, 4) is 5.75 Å². The first kappa shape index (κ1) is 15.5. The predicted octanol–water partition coefficient (Wildman–Crippen LogP) is 3.51. The van der Waals surface area contributed by atoms with Crippen LogP contribution in [0.4, 0.5) is 4.39 Å². The van der Waals surface area contributed by atoms with E-state index in [0.29, 0.717) is 18.3 Å². The Kier molecular flexibility index (Phi) is 4.96. The van der Waals surface area contributed by atoms with Crippen molar-refractivity contribution in [3.63, 3.8) is 0 Å². The molecule has 0 amide bonds. The Labute approximate surface area is 124 Å². The SMILES string of the molecule is Cc1noc(C)c1COc1ccc(CNC(C)C)cc1F. The summed E-state index contributed by atoms with van der Waals surface area (Å²) >= 11 is 0. The molecule has 0 bridgehead atoms. The van der Waals surface area contributed by atoms with Crippen LogP contribution in [0, 0.1) is 19.7 Å². The molecule has 2 aromatic rings. The zero-order valence-corrected chi connectivity index (χ0v) is 12.9. The highest BCUT2D eigenvalue weighted by Gasteiger charge is 2.11. The molecule has 0 aliphatic heterocycles. The fraction of sp³-hybridized carbons (Fsp3) is 0.438. The van der Waals surface area contributed by atoms with E-state index in [1.807, 2.05) is 19.9 Å². The van der Waals surface area contributed by atoms with E-state index in [9.17, 15) is 4.39 Å². The number of ether oxygens (including phenoxy) is 1. The van der Waals surface area contributed by atoms with Gasteiger partial charge in [0.05, 0.1) is 11.3 Å². The summed E-state index contributed by atoms with van der Waals surface area (Å²) in [6.45, 7) is 8.65. The lowest BCUT2D eigenvalue weighted by molar-refractivity contribution is 0.286. The summed E-state index contributed by atoms with van der Waals surface area (Å²) in [5, 5.41) is 7.10. The van der Waals surface area contributed by atoms with Crippen molar-refractivity contribution in [1.82, 2.24) is 10.5 Å². The van der Waals surface area contributed by atoms with Crippen molar-refractivity contribution < 1.29 is 13.7 Å². The maximum atomic E-state index is 14.0. The van der Waals surface area contributed by atoms with Crippen LogP contribution in [0.3, 0.4) is 0 Å². The Morgan fingerprint density at radius 3 is 2.67 bits per heavy atom. The number of aromatic nitrogens is 1. The standard InChI is InChI=1S/C16H21FN2O2/c1-10(2)18-8-13-5-6-16(15(17)7-13)20-9-14-11(3)19-21-12(14)4/h5-7,10,18H,8-9H2,1-4H3. The van der Waals surface area contributed by atoms with E-state index in [-0.39, 0.29) is 18.2 Å². The van der Waals surface area contributed by atoms with Gasteiger partial charge < -0.3 is 14.6 Å². The van der Waals surface area contributed by atoms with Crippen LogP contribution in [0.5, 0.6) is 5.75 Å². The Hall–Kier alpha value is -1.88. The number of aryl methyl sites for hydroxylation is 2. The lowest BCUT2D eigenvalue weighted by Gasteiger charge is -2.10. The molecular weight excluding hydrogens is 271 g/mol. The zero-order valence-electron chi connectivity index (χ0n) is 12.9. The third-order valence-electron chi connectivity index (χ3n) is 3.26. The predicted molar refractivity (Wildman–Crippen MR) is 78.7 cm³/mol. The summed E-state index contributed by atoms with van der Waals surface area (Å²) in [6, 6.07) is 5.38. The second-order valence-corrected chi connectivity index (χ2v) is 5.39. The van der Waals surface area contributed by atoms with Gasteiger partial charge in [-0.05, 0) is 31.5 Å². The topological polar surface area (TPSA) is 47.3 Å². The number of rotatable bonds is 6. The number of benzene rings is 1. The minimum absolute atomic E-state index is 0.239. The molecule has 0 saturated heterocycles. The summed E-state index contributed by atoms with van der Waals surface area (Å²) in [7, 11) is 0. The average molecular weight is 292 g/mol. The number of hydrogen-bond acceptors (Lipinski definition) is 4. The smallest absolute Gasteiger partial charge is 0.165 e. The second-order valence-electron chi connectivity index (χ2n) is 5.39. The molecule has 4 nitrogen and oxygen atoms in total. The molecule has 2 rings (SSSR count). The van der Waals surface area contributed by atoms with Gasteiger partial charge in [0.25, 0.3) is 0 Å². The van der Waals surface area contributed by atoms with Crippen molar-refractivity contribution in [2.45, 2.75) is 46.9 Å². The average Bonchev–Trinajstić information content (AvgIpc) is 2.75. The van der Waals surface area contributed by atoms with E-state index < -0.39 is 0 Å². The first-order valence-corrected chi connectivity index (χ1v) is 7.03. The zero-order chi connectivity index (χ0) is 15.4. The van der Waals surface area contributed by atoms with Crippen LogP contribution in [0.1, 0.15) is 36.4 Å². The Balaban J connectivity index is 2.01. The fourth-order valence-electron chi connectivity index (χ4n) is 1.95. The maximum Gasteiger partial charge on any atom is 0.165 e. The molecule has 5 heteroatoms. The third kappa shape index (κ3) is 4.04. The van der Waals surface area contributed by atoms with Gasteiger partial charge in [-0.25, -0.2) is 4.39 Å². The Morgan fingerprint density at radius 1 is 1.33 bits per heavy atom. The summed E-state index contributed by atoms with van der Waals surface area (Å²) in [5.74, 6) is 0.582. The number of hydrogen-bond donors (Lipinski definition) is 1. The lowest BCUT2D eigenvalue weighted by Crippen LogP contribution is -2.21. The molecule has 0 saturated carbocycles. The van der Waals surface area contributed by atoms with Gasteiger partial charge in [-0.1, -0.05) is 25.1 Å². The highest BCUT2D eigenvalue weighted by Crippen LogP contribution is 2.21. The molecule has 1 N–H and O–H groups in total. The molecule has 114 valence electrons. The van der Waals surface area contributed by atoms with Gasteiger partial charge in [0.1, 0.15) is 12.4 Å². The lowest BCUT2D eigenvalue weighted by atomic mass is 10.2. The van der Waals surface area contributed by atoms with Gasteiger partial charge in [0.15, 0.2) is 11.6 Å². The molecule has 0 atom stereocenters. The molecule has 0 aliphatic carbocycles. The normalized spacial score (nSPS) is 11.1. The van der Waals surface area contributed by atoms with E-state index in [2.05, 4.69) is 24.3 Å². The molecule has 0 fully saturated rings. The molecule has 0 radical (unpaired) electrons. The van der Waals surface area contributed by atoms with Crippen molar-refractivity contribution in [3.05, 3.63) is 46.6 Å². The van der Waals surface area contributed by atoms with E-state index in [1.54, 1.807) is 6.07 Å². The summed E-state index contributed by atoms with van der Waals surface area (Å²) < 4.78 is 24.6. The molecule has 0 unspecified atom stereocenters. The van der Waals surface area contributed by atoms with E-state index in [1.165, 1.54) is 6.07 Å². The highest BCUT2D eigenvalue weighted by atomic mass is 19.1. The maximum absolute atomic E-state index is 14.0. The number of nitrogens with zero attached hydrogens (tertiary/aromatic N) is 1. The van der Waals surface area contributed by atoms with E-state index in [4.69, 9.17) is 9.26 Å². The van der Waals surface area contributed by atoms with Crippen molar-refractivity contribution in [2.75, 3.05) is 0 Å². The largest absolute Gasteiger partial charge is 0.486 e. The van der Waals surface area contributed by atoms with Crippen LogP contribution >= 0.6 is 0 Å². The monoisotopic (exact) mass is 292 g/mol. The molecule has 21 heavy (non-hydrogen) atoms. The summed E-state index contributed by atoms with van der Waals surface area (Å²) in [6.07, 6.45) is 0. The number of halogens is 1. The van der Waals surface area contributed by atoms with Gasteiger partial charge >= 0.3 is 0 Å². The quantitative estimate of drug-likeness (QED) is 0.885. The number of nitrogens with one attached hydrogen (secondary N) is 1. The van der Waals surface area contributed by atoms with Crippen LogP contribution in [0.2, 0.25) is 0 Å². The molecule has 1 aromatic carbocycles. The van der Waals surface area contributed by atoms with Crippen LogP contribution in [-0.4, -0.2) is 11.2 Å². The van der Waals surface area contributed by atoms with Crippen molar-refractivity contribution in [1.29, 1.82) is 0 Å². The van der Waals surface area contributed by atoms with Gasteiger partial charge in [0, 0.05) is 12.6 Å². The molecule has 1 heterocycles. The van der Waals surface area contributed by atoms with Crippen LogP contribution < -0.4 is 10.1 Å². The van der Waals surface area contributed by atoms with Crippen LogP contribution in [0.25, 0.3) is 0 Å². The fourth-order valence-corrected chi connectivity index (χ4v) is 1.95. The summed E-state index contributed by atoms with van der Waals surface area (Å²) in [5.41, 5.74) is 2.52. The second kappa shape index (κ2) is 6.72. The van der Waals surface area contributed by atoms with Crippen LogP contribution in [0.15, 0.2) is 22.7 Å². The first-order chi connectivity index (χ1) is 9.97. The summed E-state index contributed by atoms with van der Waals surface area (Å²) in [4.78, 5) is 0. The highest BCUT2D eigenvalue weighted by molar-refractivity contribution is 5.30.